The second-order valence-corrected chi connectivity index (χ2v) is 6.65. The van der Waals surface area contributed by atoms with Crippen molar-refractivity contribution in [1.29, 1.82) is 0 Å². The second kappa shape index (κ2) is 5.91. The van der Waals surface area contributed by atoms with Gasteiger partial charge in [0, 0.05) is 30.1 Å². The first-order valence-corrected chi connectivity index (χ1v) is 8.48. The summed E-state index contributed by atoms with van der Waals surface area (Å²) in [6.07, 6.45) is 4.97. The topological polar surface area (TPSA) is 74.0 Å². The Bertz CT molecular complexity index is 878. The molecular weight excluding hydrogens is 302 g/mol. The lowest BCUT2D eigenvalue weighted by molar-refractivity contribution is -0.125. The third kappa shape index (κ3) is 2.65. The lowest BCUT2D eigenvalue weighted by Crippen LogP contribution is -2.35. The van der Waals surface area contributed by atoms with Crippen LogP contribution in [0.15, 0.2) is 46.8 Å². The van der Waals surface area contributed by atoms with Gasteiger partial charge in [-0.3, -0.25) is 9.59 Å². The van der Waals surface area contributed by atoms with Gasteiger partial charge in [-0.1, -0.05) is 29.8 Å². The zero-order chi connectivity index (χ0) is 16.6. The van der Waals surface area contributed by atoms with E-state index in [1.54, 1.807) is 6.07 Å². The van der Waals surface area contributed by atoms with Crippen molar-refractivity contribution in [3.63, 3.8) is 0 Å². The Kier molecular flexibility index (Phi) is 3.73. The molecule has 2 aliphatic rings. The first-order valence-electron chi connectivity index (χ1n) is 8.48. The van der Waals surface area contributed by atoms with Gasteiger partial charge in [0.1, 0.15) is 0 Å². The minimum atomic E-state index is -0.293. The number of hydrogen-bond acceptors (Lipinski definition) is 3. The van der Waals surface area contributed by atoms with Crippen LogP contribution in [-0.4, -0.2) is 24.0 Å². The average molecular weight is 323 g/mol. The number of aromatic nitrogens is 1. The van der Waals surface area contributed by atoms with Gasteiger partial charge in [0.25, 0.3) is 0 Å². The molecule has 1 aromatic carbocycles. The molecular formula is C19H21N3O2. The Morgan fingerprint density at radius 3 is 2.83 bits per heavy atom. The van der Waals surface area contributed by atoms with Crippen LogP contribution in [0.5, 0.6) is 0 Å². The Balaban J connectivity index is 1.54. The fraction of sp³-hybridized carbons (Fsp3) is 0.368. The van der Waals surface area contributed by atoms with E-state index in [4.69, 9.17) is 0 Å². The Morgan fingerprint density at radius 2 is 2.08 bits per heavy atom. The Labute approximate surface area is 140 Å². The maximum absolute atomic E-state index is 12.8. The summed E-state index contributed by atoms with van der Waals surface area (Å²) in [6.45, 7) is 2.18. The van der Waals surface area contributed by atoms with Crippen molar-refractivity contribution < 1.29 is 4.79 Å². The zero-order valence-corrected chi connectivity index (χ0v) is 13.5. The first kappa shape index (κ1) is 15.1. The van der Waals surface area contributed by atoms with Gasteiger partial charge in [-0.15, -0.1) is 0 Å². The van der Waals surface area contributed by atoms with Crippen molar-refractivity contribution in [2.45, 2.75) is 25.8 Å². The third-order valence-corrected chi connectivity index (χ3v) is 5.14. The fourth-order valence-corrected chi connectivity index (χ4v) is 3.64. The van der Waals surface area contributed by atoms with E-state index in [-0.39, 0.29) is 16.9 Å². The van der Waals surface area contributed by atoms with Gasteiger partial charge in [0.2, 0.25) is 11.5 Å². The SMILES string of the molecule is O=C(NCc1cc(=O)[nH]c2ccccc12)C1(C2=CCNCC2)CC1. The largest absolute Gasteiger partial charge is 0.351 e. The molecule has 0 spiro atoms. The minimum absolute atomic E-state index is 0.0972. The van der Waals surface area contributed by atoms with E-state index in [1.807, 2.05) is 24.3 Å². The summed E-state index contributed by atoms with van der Waals surface area (Å²) in [7, 11) is 0. The van der Waals surface area contributed by atoms with Crippen LogP contribution in [-0.2, 0) is 11.3 Å². The van der Waals surface area contributed by atoms with Crippen molar-refractivity contribution >= 4 is 16.8 Å². The molecule has 1 amide bonds. The molecule has 1 aliphatic heterocycles. The molecule has 0 bridgehead atoms. The molecule has 4 rings (SSSR count). The molecule has 0 radical (unpaired) electrons. The van der Waals surface area contributed by atoms with Gasteiger partial charge < -0.3 is 15.6 Å². The predicted octanol–water partition coefficient (Wildman–Crippen LogP) is 1.84. The molecule has 2 aromatic rings. The monoisotopic (exact) mass is 323 g/mol. The van der Waals surface area contributed by atoms with E-state index < -0.39 is 0 Å². The van der Waals surface area contributed by atoms with Gasteiger partial charge in [0.05, 0.1) is 5.41 Å². The molecule has 1 fully saturated rings. The van der Waals surface area contributed by atoms with E-state index in [0.29, 0.717) is 6.54 Å². The molecule has 124 valence electrons. The van der Waals surface area contributed by atoms with Crippen molar-refractivity contribution in [3.8, 4) is 0 Å². The van der Waals surface area contributed by atoms with Gasteiger partial charge in [-0.25, -0.2) is 0 Å². The van der Waals surface area contributed by atoms with Crippen molar-refractivity contribution in [1.82, 2.24) is 15.6 Å². The number of carbonyl (C=O) groups is 1. The zero-order valence-electron chi connectivity index (χ0n) is 13.5. The highest BCUT2D eigenvalue weighted by Crippen LogP contribution is 2.53. The van der Waals surface area contributed by atoms with Crippen molar-refractivity contribution in [2.24, 2.45) is 5.41 Å². The summed E-state index contributed by atoms with van der Waals surface area (Å²) in [5.41, 5.74) is 2.50. The molecule has 5 heteroatoms. The number of nitrogens with one attached hydrogen (secondary N) is 3. The van der Waals surface area contributed by atoms with Gasteiger partial charge >= 0.3 is 0 Å². The number of pyridine rings is 1. The summed E-state index contributed by atoms with van der Waals surface area (Å²) < 4.78 is 0. The van der Waals surface area contributed by atoms with E-state index in [1.165, 1.54) is 5.57 Å². The molecule has 0 saturated heterocycles. The highest BCUT2D eigenvalue weighted by atomic mass is 16.2. The van der Waals surface area contributed by atoms with Crippen molar-refractivity contribution in [2.75, 3.05) is 13.1 Å². The van der Waals surface area contributed by atoms with E-state index in [0.717, 1.165) is 48.8 Å². The van der Waals surface area contributed by atoms with E-state index in [9.17, 15) is 9.59 Å². The number of hydrogen-bond donors (Lipinski definition) is 3. The number of carbonyl (C=O) groups excluding carboxylic acids is 1. The number of para-hydroxylation sites is 1. The minimum Gasteiger partial charge on any atom is -0.351 e. The highest BCUT2D eigenvalue weighted by molar-refractivity contribution is 5.89. The quantitative estimate of drug-likeness (QED) is 0.752. The molecule has 0 atom stereocenters. The van der Waals surface area contributed by atoms with Crippen LogP contribution >= 0.6 is 0 Å². The maximum atomic E-state index is 12.8. The molecule has 1 aromatic heterocycles. The standard InChI is InChI=1S/C19H21N3O2/c23-17-11-13(15-3-1-2-4-16(15)22-17)12-21-18(24)19(7-8-19)14-5-9-20-10-6-14/h1-5,11,20H,6-10,12H2,(H,21,24)(H,22,23). The number of aromatic amines is 1. The number of H-pyrrole nitrogens is 1. The molecule has 3 N–H and O–H groups in total. The lowest BCUT2D eigenvalue weighted by Gasteiger charge is -2.22. The number of amides is 1. The van der Waals surface area contributed by atoms with E-state index >= 15 is 0 Å². The summed E-state index contributed by atoms with van der Waals surface area (Å²) >= 11 is 0. The molecule has 24 heavy (non-hydrogen) atoms. The summed E-state index contributed by atoms with van der Waals surface area (Å²) in [5.74, 6) is 0.0972. The third-order valence-electron chi connectivity index (χ3n) is 5.14. The molecule has 1 saturated carbocycles. The van der Waals surface area contributed by atoms with Crippen LogP contribution in [0.25, 0.3) is 10.9 Å². The second-order valence-electron chi connectivity index (χ2n) is 6.65. The first-order chi connectivity index (χ1) is 11.7. The highest BCUT2D eigenvalue weighted by Gasteiger charge is 2.52. The van der Waals surface area contributed by atoms with Crippen LogP contribution in [0, 0.1) is 5.41 Å². The van der Waals surface area contributed by atoms with Gasteiger partial charge in [-0.2, -0.15) is 0 Å². The Morgan fingerprint density at radius 1 is 1.25 bits per heavy atom. The van der Waals surface area contributed by atoms with Crippen molar-refractivity contribution in [3.05, 3.63) is 57.9 Å². The molecule has 0 unspecified atom stereocenters. The summed E-state index contributed by atoms with van der Waals surface area (Å²) in [6, 6.07) is 9.25. The molecule has 2 heterocycles. The Hall–Kier alpha value is -2.40. The molecule has 5 nitrogen and oxygen atoms in total. The van der Waals surface area contributed by atoms with Crippen LogP contribution in [0.2, 0.25) is 0 Å². The van der Waals surface area contributed by atoms with Gasteiger partial charge in [0.15, 0.2) is 0 Å². The number of benzene rings is 1. The van der Waals surface area contributed by atoms with E-state index in [2.05, 4.69) is 21.7 Å². The summed E-state index contributed by atoms with van der Waals surface area (Å²) in [4.78, 5) is 27.4. The number of fused-ring (bicyclic) bond motifs is 1. The van der Waals surface area contributed by atoms with Crippen LogP contribution in [0.1, 0.15) is 24.8 Å². The average Bonchev–Trinajstić information content (AvgIpc) is 3.42. The van der Waals surface area contributed by atoms with Crippen LogP contribution in [0.3, 0.4) is 0 Å². The molecule has 1 aliphatic carbocycles. The lowest BCUT2D eigenvalue weighted by atomic mass is 9.90. The summed E-state index contributed by atoms with van der Waals surface area (Å²) in [5, 5.41) is 7.33. The van der Waals surface area contributed by atoms with Crippen LogP contribution < -0.4 is 16.2 Å². The fourth-order valence-electron chi connectivity index (χ4n) is 3.64. The normalized spacial score (nSPS) is 18.9. The van der Waals surface area contributed by atoms with Gasteiger partial charge in [-0.05, 0) is 37.4 Å². The number of rotatable bonds is 4. The smallest absolute Gasteiger partial charge is 0.248 e. The predicted molar refractivity (Wildman–Crippen MR) is 93.7 cm³/mol. The maximum Gasteiger partial charge on any atom is 0.248 e. The van der Waals surface area contributed by atoms with Crippen LogP contribution in [0.4, 0.5) is 0 Å².